The molecular weight excluding hydrogens is 302 g/mol. The van der Waals surface area contributed by atoms with Gasteiger partial charge in [0.2, 0.25) is 0 Å². The van der Waals surface area contributed by atoms with Crippen LogP contribution in [0.1, 0.15) is 68.2 Å². The van der Waals surface area contributed by atoms with E-state index in [0.29, 0.717) is 18.0 Å². The Morgan fingerprint density at radius 2 is 2.12 bits per heavy atom. The van der Waals surface area contributed by atoms with Crippen molar-refractivity contribution in [2.75, 3.05) is 6.54 Å². The summed E-state index contributed by atoms with van der Waals surface area (Å²) in [6, 6.07) is 1.88. The summed E-state index contributed by atoms with van der Waals surface area (Å²) in [7, 11) is 0. The lowest BCUT2D eigenvalue weighted by Crippen LogP contribution is -2.38. The fourth-order valence-corrected chi connectivity index (χ4v) is 2.90. The van der Waals surface area contributed by atoms with Gasteiger partial charge in [0.25, 0.3) is 5.91 Å². The van der Waals surface area contributed by atoms with Crippen LogP contribution in [0, 0.1) is 6.92 Å². The van der Waals surface area contributed by atoms with Crippen LogP contribution >= 0.6 is 0 Å². The second-order valence-electron chi connectivity index (χ2n) is 7.85. The molecular formula is C18H27N5O. The summed E-state index contributed by atoms with van der Waals surface area (Å²) in [5.74, 6) is 0.371. The van der Waals surface area contributed by atoms with Gasteiger partial charge >= 0.3 is 0 Å². The molecule has 0 saturated heterocycles. The predicted octanol–water partition coefficient (Wildman–Crippen LogP) is 2.45. The predicted molar refractivity (Wildman–Crippen MR) is 95.2 cm³/mol. The minimum absolute atomic E-state index is 0.0666. The van der Waals surface area contributed by atoms with Gasteiger partial charge in [-0.25, -0.2) is 9.67 Å². The average Bonchev–Trinajstić information content (AvgIpc) is 3.29. The number of nitrogens with one attached hydrogen (secondary N) is 1. The van der Waals surface area contributed by atoms with Crippen molar-refractivity contribution < 1.29 is 4.79 Å². The highest BCUT2D eigenvalue weighted by atomic mass is 16.1. The normalized spacial score (nSPS) is 16.4. The number of amides is 1. The second kappa shape index (κ2) is 5.84. The molecule has 2 heterocycles. The first kappa shape index (κ1) is 16.9. The van der Waals surface area contributed by atoms with E-state index in [1.54, 1.807) is 0 Å². The van der Waals surface area contributed by atoms with Crippen molar-refractivity contribution in [2.24, 2.45) is 5.73 Å². The first-order valence-corrected chi connectivity index (χ1v) is 8.64. The monoisotopic (exact) mass is 329 g/mol. The van der Waals surface area contributed by atoms with E-state index in [1.165, 1.54) is 0 Å². The Hall–Kier alpha value is -1.95. The van der Waals surface area contributed by atoms with Gasteiger partial charge in [-0.15, -0.1) is 0 Å². The third-order valence-corrected chi connectivity index (χ3v) is 4.44. The maximum atomic E-state index is 12.8. The molecule has 0 unspecified atom stereocenters. The molecule has 1 atom stereocenters. The van der Waals surface area contributed by atoms with Crippen molar-refractivity contribution in [1.29, 1.82) is 0 Å². The molecule has 6 nitrogen and oxygen atoms in total. The Bertz CT molecular complexity index is 783. The maximum Gasteiger partial charge on any atom is 0.252 e. The van der Waals surface area contributed by atoms with Gasteiger partial charge in [-0.3, -0.25) is 4.79 Å². The van der Waals surface area contributed by atoms with E-state index in [-0.39, 0.29) is 17.5 Å². The van der Waals surface area contributed by atoms with E-state index in [4.69, 9.17) is 10.7 Å². The van der Waals surface area contributed by atoms with Gasteiger partial charge in [0.15, 0.2) is 5.65 Å². The lowest BCUT2D eigenvalue weighted by atomic mass is 10.1. The highest BCUT2D eigenvalue weighted by Crippen LogP contribution is 2.40. The number of nitrogens with zero attached hydrogens (tertiary/aromatic N) is 3. The highest BCUT2D eigenvalue weighted by molar-refractivity contribution is 6.06. The van der Waals surface area contributed by atoms with E-state index in [1.807, 2.05) is 24.6 Å². The quantitative estimate of drug-likeness (QED) is 0.902. The molecule has 1 fully saturated rings. The van der Waals surface area contributed by atoms with Crippen molar-refractivity contribution in [3.05, 3.63) is 23.0 Å². The molecule has 0 aliphatic heterocycles. The number of nitrogens with two attached hydrogens (primary N) is 1. The largest absolute Gasteiger partial charge is 0.348 e. The minimum Gasteiger partial charge on any atom is -0.348 e. The molecule has 2 aromatic rings. The summed E-state index contributed by atoms with van der Waals surface area (Å²) in [6.07, 6.45) is 2.28. The molecule has 0 aromatic carbocycles. The average molecular weight is 329 g/mol. The Kier molecular flexibility index (Phi) is 4.11. The third kappa shape index (κ3) is 3.02. The smallest absolute Gasteiger partial charge is 0.252 e. The second-order valence-corrected chi connectivity index (χ2v) is 7.85. The van der Waals surface area contributed by atoms with Crippen LogP contribution in [0.2, 0.25) is 0 Å². The Morgan fingerprint density at radius 1 is 1.46 bits per heavy atom. The van der Waals surface area contributed by atoms with Gasteiger partial charge in [0.05, 0.1) is 22.2 Å². The maximum absolute atomic E-state index is 12.8. The third-order valence-electron chi connectivity index (χ3n) is 4.44. The zero-order valence-corrected chi connectivity index (χ0v) is 15.2. The lowest BCUT2D eigenvalue weighted by Gasteiger charge is -2.20. The van der Waals surface area contributed by atoms with Crippen LogP contribution in [0.15, 0.2) is 6.07 Å². The van der Waals surface area contributed by atoms with Crippen LogP contribution < -0.4 is 11.1 Å². The Balaban J connectivity index is 2.20. The Labute approximate surface area is 142 Å². The molecule has 0 bridgehead atoms. The number of hydrogen-bond acceptors (Lipinski definition) is 4. The summed E-state index contributed by atoms with van der Waals surface area (Å²) in [5.41, 5.74) is 8.75. The van der Waals surface area contributed by atoms with Gasteiger partial charge in [0, 0.05) is 24.2 Å². The number of aromatic nitrogens is 3. The van der Waals surface area contributed by atoms with Crippen LogP contribution in [-0.2, 0) is 5.54 Å². The first-order chi connectivity index (χ1) is 11.2. The summed E-state index contributed by atoms with van der Waals surface area (Å²) < 4.78 is 1.94. The van der Waals surface area contributed by atoms with Crippen LogP contribution in [0.25, 0.3) is 11.0 Å². The lowest BCUT2D eigenvalue weighted by molar-refractivity contribution is 0.0942. The van der Waals surface area contributed by atoms with Crippen molar-refractivity contribution in [1.82, 2.24) is 20.1 Å². The van der Waals surface area contributed by atoms with Gasteiger partial charge in [-0.1, -0.05) is 0 Å². The number of pyridine rings is 1. The van der Waals surface area contributed by atoms with Gasteiger partial charge < -0.3 is 11.1 Å². The molecule has 130 valence electrons. The van der Waals surface area contributed by atoms with E-state index in [2.05, 4.69) is 31.2 Å². The number of fused-ring (bicyclic) bond motifs is 1. The summed E-state index contributed by atoms with van der Waals surface area (Å²) >= 11 is 0. The van der Waals surface area contributed by atoms with Crippen LogP contribution in [-0.4, -0.2) is 33.3 Å². The van der Waals surface area contributed by atoms with Crippen molar-refractivity contribution in [3.8, 4) is 0 Å². The molecule has 2 aromatic heterocycles. The molecule has 24 heavy (non-hydrogen) atoms. The van der Waals surface area contributed by atoms with E-state index in [9.17, 15) is 4.79 Å². The number of carbonyl (C=O) groups excluding carboxylic acids is 1. The molecule has 3 rings (SSSR count). The molecule has 1 saturated carbocycles. The topological polar surface area (TPSA) is 85.8 Å². The van der Waals surface area contributed by atoms with Gasteiger partial charge in [-0.05, 0) is 53.5 Å². The van der Waals surface area contributed by atoms with Crippen molar-refractivity contribution >= 4 is 16.9 Å². The van der Waals surface area contributed by atoms with E-state index in [0.717, 1.165) is 35.3 Å². The summed E-state index contributed by atoms with van der Waals surface area (Å²) in [5, 5.41) is 8.49. The SMILES string of the molecule is Cc1nn(C(C)(C)C)c2nc(C3CC3)cc(C(=O)N[C@@H](C)CN)c12. The molecule has 1 aliphatic rings. The molecule has 3 N–H and O–H groups in total. The van der Waals surface area contributed by atoms with Crippen LogP contribution in [0.5, 0.6) is 0 Å². The van der Waals surface area contributed by atoms with Crippen LogP contribution in [0.4, 0.5) is 0 Å². The first-order valence-electron chi connectivity index (χ1n) is 8.64. The fraction of sp³-hybridized carbons (Fsp3) is 0.611. The molecule has 0 spiro atoms. The zero-order chi connectivity index (χ0) is 17.6. The van der Waals surface area contributed by atoms with Crippen molar-refractivity contribution in [3.63, 3.8) is 0 Å². The van der Waals surface area contributed by atoms with Gasteiger partial charge in [-0.2, -0.15) is 5.10 Å². The fourth-order valence-electron chi connectivity index (χ4n) is 2.90. The molecule has 0 radical (unpaired) electrons. The minimum atomic E-state index is -0.194. The van der Waals surface area contributed by atoms with E-state index >= 15 is 0 Å². The van der Waals surface area contributed by atoms with Crippen LogP contribution in [0.3, 0.4) is 0 Å². The summed E-state index contributed by atoms with van der Waals surface area (Å²) in [6.45, 7) is 10.5. The number of rotatable bonds is 4. The standard InChI is InChI=1S/C18H27N5O/c1-10(9-19)20-17(24)13-8-14(12-6-7-12)21-16-15(13)11(2)22-23(16)18(3,4)5/h8,10,12H,6-7,9,19H2,1-5H3,(H,20,24)/t10-/m0/s1. The van der Waals surface area contributed by atoms with Gasteiger partial charge in [0.1, 0.15) is 0 Å². The molecule has 1 aliphatic carbocycles. The number of carbonyl (C=O) groups is 1. The van der Waals surface area contributed by atoms with Crippen molar-refractivity contribution in [2.45, 2.75) is 65.0 Å². The number of aryl methyl sites for hydroxylation is 1. The summed E-state index contributed by atoms with van der Waals surface area (Å²) in [4.78, 5) is 17.7. The number of hydrogen-bond donors (Lipinski definition) is 2. The highest BCUT2D eigenvalue weighted by Gasteiger charge is 2.30. The van der Waals surface area contributed by atoms with E-state index < -0.39 is 0 Å². The molecule has 6 heteroatoms. The molecule has 1 amide bonds. The zero-order valence-electron chi connectivity index (χ0n) is 15.2. The Morgan fingerprint density at radius 3 is 2.67 bits per heavy atom.